The molecule has 3 aromatic rings. The van der Waals surface area contributed by atoms with Crippen molar-refractivity contribution in [2.75, 3.05) is 17.7 Å². The third kappa shape index (κ3) is 4.50. The van der Waals surface area contributed by atoms with Crippen LogP contribution in [0.3, 0.4) is 0 Å². The Morgan fingerprint density at radius 1 is 1.04 bits per heavy atom. The Hall–Kier alpha value is -3.74. The van der Waals surface area contributed by atoms with Crippen LogP contribution in [0.2, 0.25) is 0 Å². The molecule has 0 aliphatic carbocycles. The van der Waals surface area contributed by atoms with Crippen molar-refractivity contribution in [2.45, 2.75) is 13.8 Å². The lowest BCUT2D eigenvalue weighted by molar-refractivity contribution is 0.0600. The normalized spacial score (nSPS) is 10.2. The Kier molecular flexibility index (Phi) is 5.64. The van der Waals surface area contributed by atoms with E-state index < -0.39 is 11.9 Å². The number of carbonyl (C=O) groups is 2. The molecule has 0 saturated carbocycles. The van der Waals surface area contributed by atoms with Gasteiger partial charge in [-0.25, -0.2) is 14.8 Å². The maximum absolute atomic E-state index is 12.5. The molecular weight excluding hydrogens is 356 g/mol. The Morgan fingerprint density at radius 2 is 1.86 bits per heavy atom. The summed E-state index contributed by atoms with van der Waals surface area (Å²) in [5.74, 6) is -0.559. The van der Waals surface area contributed by atoms with E-state index in [4.69, 9.17) is 4.74 Å². The number of benzene rings is 2. The van der Waals surface area contributed by atoms with Crippen molar-refractivity contribution < 1.29 is 14.3 Å². The van der Waals surface area contributed by atoms with Gasteiger partial charge in [0.05, 0.1) is 12.7 Å². The van der Waals surface area contributed by atoms with Gasteiger partial charge in [-0.05, 0) is 55.3 Å². The van der Waals surface area contributed by atoms with Gasteiger partial charge in [-0.2, -0.15) is 0 Å². The van der Waals surface area contributed by atoms with Crippen LogP contribution in [0.4, 0.5) is 17.3 Å². The van der Waals surface area contributed by atoms with E-state index in [-0.39, 0.29) is 5.69 Å². The minimum atomic E-state index is -0.474. The Balaban J connectivity index is 1.77. The summed E-state index contributed by atoms with van der Waals surface area (Å²) in [7, 11) is 1.30. The summed E-state index contributed by atoms with van der Waals surface area (Å²) in [5, 5.41) is 5.86. The maximum Gasteiger partial charge on any atom is 0.337 e. The molecule has 0 saturated heterocycles. The summed E-state index contributed by atoms with van der Waals surface area (Å²) >= 11 is 0. The van der Waals surface area contributed by atoms with Gasteiger partial charge in [0.2, 0.25) is 5.95 Å². The van der Waals surface area contributed by atoms with Crippen molar-refractivity contribution in [1.29, 1.82) is 0 Å². The van der Waals surface area contributed by atoms with Crippen LogP contribution in [0.15, 0.2) is 54.7 Å². The van der Waals surface area contributed by atoms with E-state index in [1.165, 1.54) is 19.4 Å². The van der Waals surface area contributed by atoms with Crippen LogP contribution in [0, 0.1) is 13.8 Å². The molecule has 0 fully saturated rings. The number of anilines is 3. The van der Waals surface area contributed by atoms with Gasteiger partial charge in [0, 0.05) is 17.6 Å². The first-order valence-corrected chi connectivity index (χ1v) is 8.63. The molecule has 2 aromatic carbocycles. The van der Waals surface area contributed by atoms with Crippen molar-refractivity contribution >= 4 is 29.2 Å². The first-order valence-electron chi connectivity index (χ1n) is 8.63. The highest BCUT2D eigenvalue weighted by Gasteiger charge is 2.12. The zero-order valence-electron chi connectivity index (χ0n) is 15.8. The number of nitrogens with zero attached hydrogens (tertiary/aromatic N) is 2. The van der Waals surface area contributed by atoms with Crippen LogP contribution in [0.25, 0.3) is 0 Å². The predicted molar refractivity (Wildman–Crippen MR) is 107 cm³/mol. The summed E-state index contributed by atoms with van der Waals surface area (Å²) in [6.45, 7) is 3.98. The quantitative estimate of drug-likeness (QED) is 0.657. The lowest BCUT2D eigenvalue weighted by Gasteiger charge is -2.10. The topological polar surface area (TPSA) is 93.2 Å². The monoisotopic (exact) mass is 376 g/mol. The third-order valence-corrected chi connectivity index (χ3v) is 4.07. The number of amides is 1. The van der Waals surface area contributed by atoms with E-state index in [0.29, 0.717) is 17.2 Å². The number of rotatable bonds is 5. The van der Waals surface area contributed by atoms with Gasteiger partial charge >= 0.3 is 5.97 Å². The molecule has 2 N–H and O–H groups in total. The standard InChI is InChI=1S/C21H20N4O3/c1-13-7-8-14(2)18(11-13)25-21-22-10-9-17(24-21)19(26)23-16-6-4-5-15(12-16)20(27)28-3/h4-12H,1-3H3,(H,23,26)(H,22,24,25). The van der Waals surface area contributed by atoms with E-state index in [1.54, 1.807) is 24.3 Å². The summed E-state index contributed by atoms with van der Waals surface area (Å²) in [5.41, 5.74) is 4.04. The molecule has 0 bridgehead atoms. The molecule has 0 aliphatic rings. The number of carbonyl (C=O) groups excluding carboxylic acids is 2. The van der Waals surface area contributed by atoms with Crippen molar-refractivity contribution in [2.24, 2.45) is 0 Å². The number of esters is 1. The second kappa shape index (κ2) is 8.30. The third-order valence-electron chi connectivity index (χ3n) is 4.07. The van der Waals surface area contributed by atoms with Crippen LogP contribution in [0.1, 0.15) is 32.0 Å². The highest BCUT2D eigenvalue weighted by molar-refractivity contribution is 6.03. The van der Waals surface area contributed by atoms with Crippen molar-refractivity contribution in [3.05, 3.63) is 77.1 Å². The molecule has 142 valence electrons. The Bertz CT molecular complexity index is 1030. The minimum absolute atomic E-state index is 0.200. The Labute approximate surface area is 162 Å². The van der Waals surface area contributed by atoms with Crippen LogP contribution >= 0.6 is 0 Å². The number of ether oxygens (including phenoxy) is 1. The molecule has 0 radical (unpaired) electrons. The molecule has 7 nitrogen and oxygen atoms in total. The number of aryl methyl sites for hydroxylation is 2. The smallest absolute Gasteiger partial charge is 0.337 e. The average molecular weight is 376 g/mol. The Morgan fingerprint density at radius 3 is 2.64 bits per heavy atom. The van der Waals surface area contributed by atoms with Gasteiger partial charge in [-0.3, -0.25) is 4.79 Å². The van der Waals surface area contributed by atoms with Gasteiger partial charge in [0.25, 0.3) is 5.91 Å². The number of nitrogens with one attached hydrogen (secondary N) is 2. The van der Waals surface area contributed by atoms with E-state index in [1.807, 2.05) is 32.0 Å². The molecule has 28 heavy (non-hydrogen) atoms. The van der Waals surface area contributed by atoms with Crippen molar-refractivity contribution in [1.82, 2.24) is 9.97 Å². The molecule has 3 rings (SSSR count). The fourth-order valence-corrected chi connectivity index (χ4v) is 2.57. The molecule has 0 unspecified atom stereocenters. The number of methoxy groups -OCH3 is 1. The first kappa shape index (κ1) is 19.0. The summed E-state index contributed by atoms with van der Waals surface area (Å²) < 4.78 is 4.69. The van der Waals surface area contributed by atoms with Crippen LogP contribution < -0.4 is 10.6 Å². The van der Waals surface area contributed by atoms with Gasteiger partial charge < -0.3 is 15.4 Å². The molecule has 0 aliphatic heterocycles. The average Bonchev–Trinajstić information content (AvgIpc) is 2.70. The zero-order valence-corrected chi connectivity index (χ0v) is 15.8. The summed E-state index contributed by atoms with van der Waals surface area (Å²) in [6.07, 6.45) is 1.51. The van der Waals surface area contributed by atoms with Gasteiger partial charge in [-0.1, -0.05) is 18.2 Å². The molecule has 0 spiro atoms. The molecule has 0 atom stereocenters. The fourth-order valence-electron chi connectivity index (χ4n) is 2.57. The zero-order chi connectivity index (χ0) is 20.1. The van der Waals surface area contributed by atoms with Crippen molar-refractivity contribution in [3.63, 3.8) is 0 Å². The maximum atomic E-state index is 12.5. The highest BCUT2D eigenvalue weighted by atomic mass is 16.5. The predicted octanol–water partition coefficient (Wildman–Crippen LogP) is 3.88. The second-order valence-corrected chi connectivity index (χ2v) is 6.24. The van der Waals surface area contributed by atoms with Gasteiger partial charge in [-0.15, -0.1) is 0 Å². The van der Waals surface area contributed by atoms with Gasteiger partial charge in [0.1, 0.15) is 5.69 Å². The van der Waals surface area contributed by atoms with Gasteiger partial charge in [0.15, 0.2) is 0 Å². The SMILES string of the molecule is COC(=O)c1cccc(NC(=O)c2ccnc(Nc3cc(C)ccc3C)n2)c1. The van der Waals surface area contributed by atoms with E-state index >= 15 is 0 Å². The molecular formula is C21H20N4O3. The summed E-state index contributed by atoms with van der Waals surface area (Å²) in [6, 6.07) is 14.0. The number of aromatic nitrogens is 2. The largest absolute Gasteiger partial charge is 0.465 e. The molecule has 7 heteroatoms. The van der Waals surface area contributed by atoms with Crippen LogP contribution in [0.5, 0.6) is 0 Å². The van der Waals surface area contributed by atoms with E-state index in [0.717, 1.165) is 16.8 Å². The molecule has 1 aromatic heterocycles. The fraction of sp³-hybridized carbons (Fsp3) is 0.143. The van der Waals surface area contributed by atoms with E-state index in [2.05, 4.69) is 20.6 Å². The van der Waals surface area contributed by atoms with Crippen LogP contribution in [-0.2, 0) is 4.74 Å². The highest BCUT2D eigenvalue weighted by Crippen LogP contribution is 2.20. The lowest BCUT2D eigenvalue weighted by Crippen LogP contribution is -2.15. The first-order chi connectivity index (χ1) is 13.5. The summed E-state index contributed by atoms with van der Waals surface area (Å²) in [4.78, 5) is 32.6. The van der Waals surface area contributed by atoms with E-state index in [9.17, 15) is 9.59 Å². The van der Waals surface area contributed by atoms with Crippen molar-refractivity contribution in [3.8, 4) is 0 Å². The number of hydrogen-bond donors (Lipinski definition) is 2. The number of hydrogen-bond acceptors (Lipinski definition) is 6. The van der Waals surface area contributed by atoms with Crippen LogP contribution in [-0.4, -0.2) is 29.0 Å². The molecule has 1 amide bonds. The second-order valence-electron chi connectivity index (χ2n) is 6.24. The minimum Gasteiger partial charge on any atom is -0.465 e. The lowest BCUT2D eigenvalue weighted by atomic mass is 10.1. The molecule has 1 heterocycles.